The number of thioether (sulfide) groups is 1. The average molecular weight is 439 g/mol. The number of carbonyl (C=O) groups excluding carboxylic acids is 2. The highest BCUT2D eigenvalue weighted by molar-refractivity contribution is 7.98. The smallest absolute Gasteiger partial charge is 0.416 e. The molecule has 2 aromatic carbocycles. The molecular weight excluding hydrogens is 419 g/mol. The van der Waals surface area contributed by atoms with Gasteiger partial charge >= 0.3 is 6.18 Å². The van der Waals surface area contributed by atoms with Gasteiger partial charge in [-0.15, -0.1) is 0 Å². The number of alkyl halides is 3. The van der Waals surface area contributed by atoms with Gasteiger partial charge in [0.25, 0.3) is 11.8 Å². The third-order valence-electron chi connectivity index (χ3n) is 3.97. The fourth-order valence-corrected chi connectivity index (χ4v) is 2.88. The Labute approximate surface area is 175 Å². The molecule has 1 atom stereocenters. The largest absolute Gasteiger partial charge is 0.508 e. The predicted molar refractivity (Wildman–Crippen MR) is 110 cm³/mol. The highest BCUT2D eigenvalue weighted by atomic mass is 32.2. The van der Waals surface area contributed by atoms with E-state index < -0.39 is 29.6 Å². The third-order valence-corrected chi connectivity index (χ3v) is 4.61. The number of phenols is 1. The van der Waals surface area contributed by atoms with E-state index in [1.165, 1.54) is 30.1 Å². The minimum Gasteiger partial charge on any atom is -0.508 e. The molecule has 30 heavy (non-hydrogen) atoms. The number of aromatic hydroxyl groups is 1. The number of amides is 2. The Balaban J connectivity index is 2.03. The van der Waals surface area contributed by atoms with Gasteiger partial charge in [-0.25, -0.2) is 5.43 Å². The highest BCUT2D eigenvalue weighted by Crippen LogP contribution is 2.29. The SMILES string of the molecule is CSCCC(NC(=O)c1ccc(C(F)(F)F)cc1)C(=O)N/N=C/c1cccc(O)c1. The molecule has 2 amide bonds. The quantitative estimate of drug-likeness (QED) is 0.434. The zero-order valence-corrected chi connectivity index (χ0v) is 16.8. The van der Waals surface area contributed by atoms with Gasteiger partial charge in [-0.1, -0.05) is 12.1 Å². The van der Waals surface area contributed by atoms with Crippen LogP contribution >= 0.6 is 11.8 Å². The summed E-state index contributed by atoms with van der Waals surface area (Å²) in [5, 5.41) is 15.8. The monoisotopic (exact) mass is 439 g/mol. The molecule has 0 heterocycles. The van der Waals surface area contributed by atoms with Gasteiger partial charge < -0.3 is 10.4 Å². The summed E-state index contributed by atoms with van der Waals surface area (Å²) >= 11 is 1.47. The van der Waals surface area contributed by atoms with Crippen molar-refractivity contribution < 1.29 is 27.9 Å². The van der Waals surface area contributed by atoms with Gasteiger partial charge in [0, 0.05) is 5.56 Å². The van der Waals surface area contributed by atoms with Crippen LogP contribution in [0.4, 0.5) is 13.2 Å². The first-order valence-corrected chi connectivity index (χ1v) is 10.2. The van der Waals surface area contributed by atoms with Gasteiger partial charge in [0.15, 0.2) is 0 Å². The number of rotatable bonds is 8. The Morgan fingerprint density at radius 2 is 1.90 bits per heavy atom. The molecule has 10 heteroatoms. The second-order valence-corrected chi connectivity index (χ2v) is 7.20. The summed E-state index contributed by atoms with van der Waals surface area (Å²) in [5.41, 5.74) is 2.03. The number of benzene rings is 2. The zero-order chi connectivity index (χ0) is 22.1. The number of nitrogens with one attached hydrogen (secondary N) is 2. The van der Waals surface area contributed by atoms with Crippen LogP contribution in [0.15, 0.2) is 53.6 Å². The Hall–Kier alpha value is -3.01. The molecule has 160 valence electrons. The maximum Gasteiger partial charge on any atom is 0.416 e. The summed E-state index contributed by atoms with van der Waals surface area (Å²) < 4.78 is 38.0. The van der Waals surface area contributed by atoms with Crippen molar-refractivity contribution in [2.45, 2.75) is 18.6 Å². The Kier molecular flexibility index (Phi) is 8.28. The zero-order valence-electron chi connectivity index (χ0n) is 15.9. The molecule has 0 aromatic heterocycles. The van der Waals surface area contributed by atoms with E-state index >= 15 is 0 Å². The fourth-order valence-electron chi connectivity index (χ4n) is 2.41. The fraction of sp³-hybridized carbons (Fsp3) is 0.250. The first kappa shape index (κ1) is 23.3. The lowest BCUT2D eigenvalue weighted by Gasteiger charge is -2.17. The van der Waals surface area contributed by atoms with E-state index in [-0.39, 0.29) is 11.3 Å². The predicted octanol–water partition coefficient (Wildman–Crippen LogP) is 3.41. The van der Waals surface area contributed by atoms with Crippen molar-refractivity contribution in [2.75, 3.05) is 12.0 Å². The number of nitrogens with zero attached hydrogens (tertiary/aromatic N) is 1. The Morgan fingerprint density at radius 1 is 1.20 bits per heavy atom. The number of hydrazone groups is 1. The van der Waals surface area contributed by atoms with Gasteiger partial charge in [-0.2, -0.15) is 30.0 Å². The average Bonchev–Trinajstić information content (AvgIpc) is 2.70. The summed E-state index contributed by atoms with van der Waals surface area (Å²) in [6.45, 7) is 0. The lowest BCUT2D eigenvalue weighted by molar-refractivity contribution is -0.137. The van der Waals surface area contributed by atoms with Crippen molar-refractivity contribution in [3.63, 3.8) is 0 Å². The van der Waals surface area contributed by atoms with Crippen LogP contribution in [0, 0.1) is 0 Å². The molecule has 0 aliphatic heterocycles. The van der Waals surface area contributed by atoms with Crippen LogP contribution in [0.2, 0.25) is 0 Å². The second-order valence-electron chi connectivity index (χ2n) is 6.21. The number of halogens is 3. The molecule has 0 aliphatic rings. The molecule has 0 fully saturated rings. The maximum absolute atomic E-state index is 12.7. The van der Waals surface area contributed by atoms with Crippen molar-refractivity contribution in [1.82, 2.24) is 10.7 Å². The third kappa shape index (κ3) is 7.11. The van der Waals surface area contributed by atoms with E-state index in [2.05, 4.69) is 15.8 Å². The number of phenolic OH excluding ortho intramolecular Hbond substituents is 1. The van der Waals surface area contributed by atoms with Crippen LogP contribution in [-0.2, 0) is 11.0 Å². The van der Waals surface area contributed by atoms with Gasteiger partial charge in [0.1, 0.15) is 11.8 Å². The molecule has 1 unspecified atom stereocenters. The van der Waals surface area contributed by atoms with Gasteiger partial charge in [0.05, 0.1) is 11.8 Å². The molecule has 2 rings (SSSR count). The lowest BCUT2D eigenvalue weighted by atomic mass is 10.1. The number of hydrogen-bond acceptors (Lipinski definition) is 5. The van der Waals surface area contributed by atoms with Crippen molar-refractivity contribution in [2.24, 2.45) is 5.10 Å². The van der Waals surface area contributed by atoms with Crippen molar-refractivity contribution >= 4 is 29.8 Å². The molecule has 2 aromatic rings. The van der Waals surface area contributed by atoms with Gasteiger partial charge in [-0.3, -0.25) is 9.59 Å². The minimum absolute atomic E-state index is 0.00761. The lowest BCUT2D eigenvalue weighted by Crippen LogP contribution is -2.45. The molecule has 0 saturated carbocycles. The van der Waals surface area contributed by atoms with E-state index in [9.17, 15) is 27.9 Å². The van der Waals surface area contributed by atoms with Gasteiger partial charge in [-0.05, 0) is 60.4 Å². The Bertz CT molecular complexity index is 902. The van der Waals surface area contributed by atoms with Crippen LogP contribution < -0.4 is 10.7 Å². The second kappa shape index (κ2) is 10.7. The molecule has 0 bridgehead atoms. The number of carbonyl (C=O) groups is 2. The number of hydrogen-bond donors (Lipinski definition) is 3. The van der Waals surface area contributed by atoms with E-state index in [4.69, 9.17) is 0 Å². The molecule has 0 spiro atoms. The van der Waals surface area contributed by atoms with Crippen LogP contribution in [0.25, 0.3) is 0 Å². The summed E-state index contributed by atoms with van der Waals surface area (Å²) in [6, 6.07) is 9.05. The van der Waals surface area contributed by atoms with E-state index in [1.807, 2.05) is 6.26 Å². The minimum atomic E-state index is -4.50. The van der Waals surface area contributed by atoms with E-state index in [0.717, 1.165) is 24.3 Å². The standard InChI is InChI=1S/C20H20F3N3O3S/c1-30-10-9-17(19(29)26-24-12-13-3-2-4-16(27)11-13)25-18(28)14-5-7-15(8-6-14)20(21,22)23/h2-8,11-12,17,27H,9-10H2,1H3,(H,25,28)(H,26,29)/b24-12+. The van der Waals surface area contributed by atoms with E-state index in [1.54, 1.807) is 12.1 Å². The molecule has 0 radical (unpaired) electrons. The molecular formula is C20H20F3N3O3S. The van der Waals surface area contributed by atoms with Crippen molar-refractivity contribution in [3.8, 4) is 5.75 Å². The molecule has 6 nitrogen and oxygen atoms in total. The van der Waals surface area contributed by atoms with E-state index in [0.29, 0.717) is 17.7 Å². The maximum atomic E-state index is 12.7. The summed E-state index contributed by atoms with van der Waals surface area (Å²) in [5.74, 6) is -0.614. The van der Waals surface area contributed by atoms with Crippen LogP contribution in [0.3, 0.4) is 0 Å². The summed E-state index contributed by atoms with van der Waals surface area (Å²) in [6.07, 6.45) is -1.02. The topological polar surface area (TPSA) is 90.8 Å². The van der Waals surface area contributed by atoms with Crippen molar-refractivity contribution in [3.05, 3.63) is 65.2 Å². The van der Waals surface area contributed by atoms with Crippen molar-refractivity contribution in [1.29, 1.82) is 0 Å². The highest BCUT2D eigenvalue weighted by Gasteiger charge is 2.30. The molecule has 0 aliphatic carbocycles. The first-order valence-electron chi connectivity index (χ1n) is 8.79. The van der Waals surface area contributed by atoms with Gasteiger partial charge in [0.2, 0.25) is 0 Å². The molecule has 3 N–H and O–H groups in total. The molecule has 0 saturated heterocycles. The normalized spacial score (nSPS) is 12.5. The van der Waals surface area contributed by atoms with Crippen LogP contribution in [0.1, 0.15) is 27.9 Å². The first-order chi connectivity index (χ1) is 14.2. The summed E-state index contributed by atoms with van der Waals surface area (Å²) in [4.78, 5) is 24.8. The Morgan fingerprint density at radius 3 is 2.50 bits per heavy atom. The van der Waals surface area contributed by atoms with Crippen LogP contribution in [-0.4, -0.2) is 41.2 Å². The van der Waals surface area contributed by atoms with Crippen LogP contribution in [0.5, 0.6) is 5.75 Å². The summed E-state index contributed by atoms with van der Waals surface area (Å²) in [7, 11) is 0.